The zero-order valence-corrected chi connectivity index (χ0v) is 19.1. The Kier molecular flexibility index (Phi) is 7.13. The number of anilines is 1. The summed E-state index contributed by atoms with van der Waals surface area (Å²) >= 11 is 1.60. The van der Waals surface area contributed by atoms with Gasteiger partial charge in [0.05, 0.1) is 4.90 Å². The Bertz CT molecular complexity index is 1110. The Morgan fingerprint density at radius 3 is 2.44 bits per heavy atom. The Hall–Kier alpha value is -2.82. The summed E-state index contributed by atoms with van der Waals surface area (Å²) < 4.78 is 27.6. The van der Waals surface area contributed by atoms with Crippen LogP contribution in [0.4, 0.5) is 5.95 Å². The van der Waals surface area contributed by atoms with Gasteiger partial charge in [0.2, 0.25) is 16.0 Å². The molecule has 1 amide bonds. The lowest BCUT2D eigenvalue weighted by Gasteiger charge is -2.32. The molecule has 0 spiro atoms. The summed E-state index contributed by atoms with van der Waals surface area (Å²) in [6, 6.07) is 11.8. The summed E-state index contributed by atoms with van der Waals surface area (Å²) in [5.41, 5.74) is 0.441. The number of nitrogens with one attached hydrogen (secondary N) is 2. The van der Waals surface area contributed by atoms with Crippen molar-refractivity contribution in [1.82, 2.24) is 20.0 Å². The van der Waals surface area contributed by atoms with Crippen LogP contribution in [0.25, 0.3) is 0 Å². The van der Waals surface area contributed by atoms with Crippen molar-refractivity contribution in [3.8, 4) is 0 Å². The predicted octanol–water partition coefficient (Wildman–Crippen LogP) is 2.46. The number of amides is 1. The first kappa shape index (κ1) is 22.4. The molecule has 1 fully saturated rings. The van der Waals surface area contributed by atoms with Crippen molar-refractivity contribution >= 4 is 33.2 Å². The van der Waals surface area contributed by atoms with E-state index in [1.165, 1.54) is 12.1 Å². The van der Waals surface area contributed by atoms with E-state index in [9.17, 15) is 13.2 Å². The van der Waals surface area contributed by atoms with E-state index in [-0.39, 0.29) is 16.8 Å². The first-order chi connectivity index (χ1) is 15.5. The zero-order chi connectivity index (χ0) is 22.4. The molecule has 0 bridgehead atoms. The topological polar surface area (TPSA) is 104 Å². The van der Waals surface area contributed by atoms with Gasteiger partial charge in [-0.3, -0.25) is 4.79 Å². The zero-order valence-electron chi connectivity index (χ0n) is 17.5. The second kappa shape index (κ2) is 10.2. The molecule has 10 heteroatoms. The first-order valence-electron chi connectivity index (χ1n) is 10.5. The Morgan fingerprint density at radius 1 is 1.06 bits per heavy atom. The number of carbonyl (C=O) groups excluding carboxylic acids is 1. The summed E-state index contributed by atoms with van der Waals surface area (Å²) in [6.45, 7) is 1.87. The van der Waals surface area contributed by atoms with E-state index in [1.807, 2.05) is 17.5 Å². The van der Waals surface area contributed by atoms with E-state index in [0.29, 0.717) is 24.5 Å². The summed E-state index contributed by atoms with van der Waals surface area (Å²) in [4.78, 5) is 24.5. The van der Waals surface area contributed by atoms with Gasteiger partial charge in [0.1, 0.15) is 0 Å². The van der Waals surface area contributed by atoms with E-state index >= 15 is 0 Å². The smallest absolute Gasteiger partial charge is 0.251 e. The first-order valence-corrected chi connectivity index (χ1v) is 12.8. The standard InChI is InChI=1S/C22H25N5O3S2/c28-21(26-18-9-14-27(15-10-18)22-23-11-2-12-24-22)17-4-6-20(7-5-17)32(29,30)25-13-8-19-3-1-16-31-19/h1-7,11-12,16,18,25H,8-10,13-15H2,(H,26,28). The van der Waals surface area contributed by atoms with E-state index < -0.39 is 10.0 Å². The van der Waals surface area contributed by atoms with Crippen LogP contribution in [0.3, 0.4) is 0 Å². The molecule has 0 atom stereocenters. The van der Waals surface area contributed by atoms with Crippen LogP contribution in [-0.4, -0.2) is 50.0 Å². The van der Waals surface area contributed by atoms with Gasteiger partial charge in [-0.2, -0.15) is 0 Å². The summed E-state index contributed by atoms with van der Waals surface area (Å²) in [6.07, 6.45) is 5.68. The van der Waals surface area contributed by atoms with Crippen molar-refractivity contribution in [3.63, 3.8) is 0 Å². The maximum absolute atomic E-state index is 12.6. The van der Waals surface area contributed by atoms with Gasteiger partial charge in [-0.1, -0.05) is 6.07 Å². The molecule has 0 saturated carbocycles. The van der Waals surface area contributed by atoms with Gasteiger partial charge in [-0.05, 0) is 61.0 Å². The third kappa shape index (κ3) is 5.70. The molecule has 168 valence electrons. The largest absolute Gasteiger partial charge is 0.349 e. The molecule has 1 aromatic carbocycles. The molecule has 32 heavy (non-hydrogen) atoms. The van der Waals surface area contributed by atoms with Crippen molar-refractivity contribution in [1.29, 1.82) is 0 Å². The van der Waals surface area contributed by atoms with Gasteiger partial charge in [0, 0.05) is 48.5 Å². The molecular weight excluding hydrogens is 446 g/mol. The lowest BCUT2D eigenvalue weighted by atomic mass is 10.0. The maximum atomic E-state index is 12.6. The van der Waals surface area contributed by atoms with E-state index in [2.05, 4.69) is 24.9 Å². The van der Waals surface area contributed by atoms with Crippen LogP contribution in [0, 0.1) is 0 Å². The molecule has 1 aliphatic heterocycles. The van der Waals surface area contributed by atoms with Crippen LogP contribution in [-0.2, 0) is 16.4 Å². The monoisotopic (exact) mass is 471 g/mol. The number of carbonyl (C=O) groups is 1. The van der Waals surface area contributed by atoms with Crippen LogP contribution in [0.5, 0.6) is 0 Å². The Balaban J connectivity index is 1.27. The maximum Gasteiger partial charge on any atom is 0.251 e. The highest BCUT2D eigenvalue weighted by molar-refractivity contribution is 7.89. The molecule has 0 aliphatic carbocycles. The summed E-state index contributed by atoms with van der Waals surface area (Å²) in [5.74, 6) is 0.507. The van der Waals surface area contributed by atoms with Gasteiger partial charge in [0.15, 0.2) is 0 Å². The highest BCUT2D eigenvalue weighted by atomic mass is 32.2. The molecule has 1 aliphatic rings. The van der Waals surface area contributed by atoms with Gasteiger partial charge in [-0.25, -0.2) is 23.1 Å². The van der Waals surface area contributed by atoms with Crippen molar-refractivity contribution in [2.24, 2.45) is 0 Å². The number of thiophene rings is 1. The van der Waals surface area contributed by atoms with Crippen LogP contribution < -0.4 is 14.9 Å². The molecule has 0 unspecified atom stereocenters. The van der Waals surface area contributed by atoms with E-state index in [1.54, 1.807) is 41.9 Å². The number of hydrogen-bond acceptors (Lipinski definition) is 7. The minimum Gasteiger partial charge on any atom is -0.349 e. The average Bonchev–Trinajstić information content (AvgIpc) is 3.34. The van der Waals surface area contributed by atoms with Crippen LogP contribution in [0.15, 0.2) is 65.1 Å². The normalized spacial score (nSPS) is 14.9. The molecule has 1 saturated heterocycles. The van der Waals surface area contributed by atoms with Gasteiger partial charge in [0.25, 0.3) is 5.91 Å². The van der Waals surface area contributed by atoms with Crippen LogP contribution >= 0.6 is 11.3 Å². The van der Waals surface area contributed by atoms with Gasteiger partial charge in [-0.15, -0.1) is 11.3 Å². The van der Waals surface area contributed by atoms with Crippen molar-refractivity contribution in [3.05, 3.63) is 70.7 Å². The molecule has 8 nitrogen and oxygen atoms in total. The summed E-state index contributed by atoms with van der Waals surface area (Å²) in [7, 11) is -3.61. The van der Waals surface area contributed by atoms with Crippen molar-refractivity contribution in [2.45, 2.75) is 30.2 Å². The van der Waals surface area contributed by atoms with Crippen LogP contribution in [0.1, 0.15) is 28.1 Å². The van der Waals surface area contributed by atoms with Crippen molar-refractivity contribution in [2.75, 3.05) is 24.5 Å². The number of nitrogens with zero attached hydrogens (tertiary/aromatic N) is 3. The summed E-state index contributed by atoms with van der Waals surface area (Å²) in [5, 5.41) is 5.01. The lowest BCUT2D eigenvalue weighted by Crippen LogP contribution is -2.45. The van der Waals surface area contributed by atoms with Crippen LogP contribution in [0.2, 0.25) is 0 Å². The number of sulfonamides is 1. The third-order valence-corrected chi connectivity index (χ3v) is 7.75. The fourth-order valence-corrected chi connectivity index (χ4v) is 5.32. The lowest BCUT2D eigenvalue weighted by molar-refractivity contribution is 0.0931. The SMILES string of the molecule is O=C(NC1CCN(c2ncccn2)CC1)c1ccc(S(=O)(=O)NCCc2cccs2)cc1. The highest BCUT2D eigenvalue weighted by Gasteiger charge is 2.23. The molecule has 0 radical (unpaired) electrons. The number of piperidine rings is 1. The Morgan fingerprint density at radius 2 is 1.78 bits per heavy atom. The number of hydrogen-bond donors (Lipinski definition) is 2. The van der Waals surface area contributed by atoms with Crippen molar-refractivity contribution < 1.29 is 13.2 Å². The molecule has 2 aromatic heterocycles. The number of benzene rings is 1. The molecule has 2 N–H and O–H groups in total. The number of aromatic nitrogens is 2. The van der Waals surface area contributed by atoms with E-state index in [0.717, 1.165) is 30.8 Å². The van der Waals surface area contributed by atoms with E-state index in [4.69, 9.17) is 0 Å². The fourth-order valence-electron chi connectivity index (χ4n) is 3.58. The molecule has 3 heterocycles. The van der Waals surface area contributed by atoms with Gasteiger partial charge >= 0.3 is 0 Å². The fraction of sp³-hybridized carbons (Fsp3) is 0.318. The minimum absolute atomic E-state index is 0.0600. The Labute approximate surface area is 191 Å². The number of rotatable bonds is 8. The minimum atomic E-state index is -3.61. The van der Waals surface area contributed by atoms with Gasteiger partial charge < -0.3 is 10.2 Å². The highest BCUT2D eigenvalue weighted by Crippen LogP contribution is 2.17. The second-order valence-electron chi connectivity index (χ2n) is 7.54. The molecular formula is C22H25N5O3S2. The second-order valence-corrected chi connectivity index (χ2v) is 10.3. The average molecular weight is 472 g/mol. The predicted molar refractivity (Wildman–Crippen MR) is 124 cm³/mol. The molecule has 3 aromatic rings. The quantitative estimate of drug-likeness (QED) is 0.523. The molecule has 4 rings (SSSR count). The third-order valence-electron chi connectivity index (χ3n) is 5.34.